The van der Waals surface area contributed by atoms with Gasteiger partial charge in [-0.15, -0.1) is 0 Å². The molecule has 0 saturated heterocycles. The Morgan fingerprint density at radius 2 is 1.56 bits per heavy atom. The molecule has 7 nitrogen and oxygen atoms in total. The molecule has 8 heteroatoms. The quantitative estimate of drug-likeness (QED) is 0.397. The minimum absolute atomic E-state index is 0.136. The third-order valence-electron chi connectivity index (χ3n) is 5.46. The van der Waals surface area contributed by atoms with E-state index >= 15 is 0 Å². The molecular weight excluding hydrogens is 448 g/mol. The minimum atomic E-state index is -3.64. The van der Waals surface area contributed by atoms with Crippen LogP contribution < -0.4 is 5.32 Å². The molecule has 1 aromatic heterocycles. The van der Waals surface area contributed by atoms with Crippen molar-refractivity contribution in [3.05, 3.63) is 96.7 Å². The summed E-state index contributed by atoms with van der Waals surface area (Å²) in [6.07, 6.45) is 1.68. The molecule has 0 spiro atoms. The summed E-state index contributed by atoms with van der Waals surface area (Å²) in [6.45, 7) is 4.33. The van der Waals surface area contributed by atoms with Crippen molar-refractivity contribution in [1.82, 2.24) is 14.1 Å². The van der Waals surface area contributed by atoms with Crippen LogP contribution >= 0.6 is 0 Å². The predicted molar refractivity (Wildman–Crippen MR) is 134 cm³/mol. The van der Waals surface area contributed by atoms with Gasteiger partial charge >= 0.3 is 0 Å². The fourth-order valence-electron chi connectivity index (χ4n) is 3.71. The molecular formula is C26H26N4O3S. The third-order valence-corrected chi connectivity index (χ3v) is 7.51. The topological polar surface area (TPSA) is 84.3 Å². The van der Waals surface area contributed by atoms with Crippen LogP contribution in [0.15, 0.2) is 96.0 Å². The van der Waals surface area contributed by atoms with Crippen LogP contribution in [0.25, 0.3) is 16.9 Å². The van der Waals surface area contributed by atoms with Crippen LogP contribution in [0.4, 0.5) is 5.69 Å². The second-order valence-electron chi connectivity index (χ2n) is 7.61. The molecule has 1 N–H and O–H groups in total. The summed E-state index contributed by atoms with van der Waals surface area (Å²) in [4.78, 5) is 13.5. The summed E-state index contributed by atoms with van der Waals surface area (Å²) >= 11 is 0. The van der Waals surface area contributed by atoms with Crippen LogP contribution in [-0.2, 0) is 10.0 Å². The lowest BCUT2D eigenvalue weighted by molar-refractivity contribution is 0.102. The van der Waals surface area contributed by atoms with E-state index in [1.807, 2.05) is 60.7 Å². The highest BCUT2D eigenvalue weighted by atomic mass is 32.2. The van der Waals surface area contributed by atoms with Gasteiger partial charge in [-0.2, -0.15) is 9.40 Å². The van der Waals surface area contributed by atoms with E-state index < -0.39 is 10.0 Å². The minimum Gasteiger partial charge on any atom is -0.322 e. The van der Waals surface area contributed by atoms with Gasteiger partial charge in [-0.1, -0.05) is 68.4 Å². The summed E-state index contributed by atoms with van der Waals surface area (Å²) in [5.74, 6) is -0.376. The van der Waals surface area contributed by atoms with Crippen molar-refractivity contribution in [2.45, 2.75) is 18.7 Å². The summed E-state index contributed by atoms with van der Waals surface area (Å²) < 4.78 is 28.8. The zero-order valence-electron chi connectivity index (χ0n) is 19.0. The summed E-state index contributed by atoms with van der Waals surface area (Å²) in [6, 6.07) is 25.3. The van der Waals surface area contributed by atoms with Gasteiger partial charge in [0.25, 0.3) is 5.91 Å². The molecule has 34 heavy (non-hydrogen) atoms. The van der Waals surface area contributed by atoms with Crippen molar-refractivity contribution in [1.29, 1.82) is 0 Å². The number of aromatic nitrogens is 2. The van der Waals surface area contributed by atoms with E-state index in [1.165, 1.54) is 16.4 Å². The Hall–Kier alpha value is -3.75. The molecule has 3 aromatic carbocycles. The number of benzene rings is 3. The highest BCUT2D eigenvalue weighted by Gasteiger charge is 2.23. The van der Waals surface area contributed by atoms with Crippen LogP contribution in [0.2, 0.25) is 0 Å². The first-order valence-electron chi connectivity index (χ1n) is 11.1. The average Bonchev–Trinajstić information content (AvgIpc) is 3.32. The number of hydrogen-bond donors (Lipinski definition) is 1. The number of rotatable bonds is 8. The Labute approximate surface area is 199 Å². The molecule has 4 aromatic rings. The molecule has 1 heterocycles. The Morgan fingerprint density at radius 3 is 2.21 bits per heavy atom. The van der Waals surface area contributed by atoms with E-state index in [0.29, 0.717) is 30.0 Å². The predicted octanol–water partition coefficient (Wildman–Crippen LogP) is 4.82. The third kappa shape index (κ3) is 4.78. The van der Waals surface area contributed by atoms with E-state index in [2.05, 4.69) is 10.4 Å². The van der Waals surface area contributed by atoms with Gasteiger partial charge in [0.2, 0.25) is 10.0 Å². The van der Waals surface area contributed by atoms with Gasteiger partial charge in [0.05, 0.1) is 16.1 Å². The number of para-hydroxylation sites is 1. The van der Waals surface area contributed by atoms with Crippen molar-refractivity contribution in [2.24, 2.45) is 0 Å². The SMILES string of the molecule is CCN(CC)S(=O)(=O)c1cccc(NC(=O)c2cn(-c3ccccc3)nc2-c2ccccc2)c1. The van der Waals surface area contributed by atoms with Crippen LogP contribution in [0.5, 0.6) is 0 Å². The maximum absolute atomic E-state index is 13.3. The lowest BCUT2D eigenvalue weighted by Crippen LogP contribution is -2.30. The molecule has 1 amide bonds. The van der Waals surface area contributed by atoms with Gasteiger partial charge in [-0.05, 0) is 30.3 Å². The zero-order valence-corrected chi connectivity index (χ0v) is 19.9. The molecule has 174 valence electrons. The Bertz CT molecular complexity index is 1380. The Balaban J connectivity index is 1.69. The van der Waals surface area contributed by atoms with Gasteiger partial charge in [-0.25, -0.2) is 13.1 Å². The number of sulfonamides is 1. The maximum Gasteiger partial charge on any atom is 0.259 e. The van der Waals surface area contributed by atoms with Gasteiger partial charge in [0.15, 0.2) is 0 Å². The molecule has 0 aliphatic heterocycles. The van der Waals surface area contributed by atoms with E-state index in [0.717, 1.165) is 11.3 Å². The molecule has 0 fully saturated rings. The van der Waals surface area contributed by atoms with E-state index in [9.17, 15) is 13.2 Å². The summed E-state index contributed by atoms with van der Waals surface area (Å²) in [7, 11) is -3.64. The van der Waals surface area contributed by atoms with Gasteiger partial charge < -0.3 is 5.32 Å². The van der Waals surface area contributed by atoms with Crippen molar-refractivity contribution in [3.8, 4) is 16.9 Å². The zero-order chi connectivity index (χ0) is 24.1. The smallest absolute Gasteiger partial charge is 0.259 e. The first-order valence-corrected chi connectivity index (χ1v) is 12.5. The molecule has 0 atom stereocenters. The van der Waals surface area contributed by atoms with E-state index in [4.69, 9.17) is 0 Å². The molecule has 0 aliphatic carbocycles. The Morgan fingerprint density at radius 1 is 0.912 bits per heavy atom. The standard InChI is InChI=1S/C26H26N4O3S/c1-3-29(4-2)34(32,33)23-17-11-14-21(18-23)27-26(31)24-19-30(22-15-9-6-10-16-22)28-25(24)20-12-7-5-8-13-20/h5-19H,3-4H2,1-2H3,(H,27,31). The van der Waals surface area contributed by atoms with Crippen molar-refractivity contribution >= 4 is 21.6 Å². The summed E-state index contributed by atoms with van der Waals surface area (Å²) in [5.41, 5.74) is 2.94. The molecule has 0 bridgehead atoms. The maximum atomic E-state index is 13.3. The van der Waals surface area contributed by atoms with Crippen LogP contribution in [0.1, 0.15) is 24.2 Å². The fraction of sp³-hybridized carbons (Fsp3) is 0.154. The van der Waals surface area contributed by atoms with Gasteiger partial charge in [0, 0.05) is 30.5 Å². The van der Waals surface area contributed by atoms with Crippen molar-refractivity contribution in [3.63, 3.8) is 0 Å². The van der Waals surface area contributed by atoms with Crippen LogP contribution in [-0.4, -0.2) is 41.5 Å². The number of hydrogen-bond acceptors (Lipinski definition) is 4. The van der Waals surface area contributed by atoms with E-state index in [-0.39, 0.29) is 10.8 Å². The number of nitrogens with zero attached hydrogens (tertiary/aromatic N) is 3. The highest BCUT2D eigenvalue weighted by molar-refractivity contribution is 7.89. The van der Waals surface area contributed by atoms with Gasteiger partial charge in [0.1, 0.15) is 5.69 Å². The van der Waals surface area contributed by atoms with E-state index in [1.54, 1.807) is 36.9 Å². The van der Waals surface area contributed by atoms with Crippen molar-refractivity contribution in [2.75, 3.05) is 18.4 Å². The van der Waals surface area contributed by atoms with Crippen LogP contribution in [0.3, 0.4) is 0 Å². The molecule has 4 rings (SSSR count). The summed E-state index contributed by atoms with van der Waals surface area (Å²) in [5, 5.41) is 7.51. The lowest BCUT2D eigenvalue weighted by Gasteiger charge is -2.18. The largest absolute Gasteiger partial charge is 0.322 e. The number of amides is 1. The van der Waals surface area contributed by atoms with Gasteiger partial charge in [-0.3, -0.25) is 4.79 Å². The number of anilines is 1. The Kier molecular flexibility index (Phi) is 6.90. The second kappa shape index (κ2) is 10.0. The number of carbonyl (C=O) groups excluding carboxylic acids is 1. The molecule has 0 aliphatic rings. The first-order chi connectivity index (χ1) is 16.4. The average molecular weight is 475 g/mol. The lowest BCUT2D eigenvalue weighted by atomic mass is 10.1. The number of carbonyl (C=O) groups is 1. The number of nitrogens with one attached hydrogen (secondary N) is 1. The molecule has 0 unspecified atom stereocenters. The molecule has 0 radical (unpaired) electrons. The second-order valence-corrected chi connectivity index (χ2v) is 9.55. The molecule has 0 saturated carbocycles. The van der Waals surface area contributed by atoms with Crippen molar-refractivity contribution < 1.29 is 13.2 Å². The highest BCUT2D eigenvalue weighted by Crippen LogP contribution is 2.25. The van der Waals surface area contributed by atoms with Crippen LogP contribution in [0, 0.1) is 0 Å². The fourth-order valence-corrected chi connectivity index (χ4v) is 5.21. The first kappa shape index (κ1) is 23.4. The monoisotopic (exact) mass is 474 g/mol. The normalized spacial score (nSPS) is 11.5.